The van der Waals surface area contributed by atoms with E-state index in [1.54, 1.807) is 0 Å². The minimum atomic E-state index is -0.468. The monoisotopic (exact) mass is 364 g/mol. The van der Waals surface area contributed by atoms with Crippen LogP contribution in [0.1, 0.15) is 65.2 Å². The van der Waals surface area contributed by atoms with Crippen molar-refractivity contribution in [3.63, 3.8) is 0 Å². The summed E-state index contributed by atoms with van der Waals surface area (Å²) in [6.07, 6.45) is 6.81. The first-order chi connectivity index (χ1) is 12.4. The fourth-order valence-electron chi connectivity index (χ4n) is 7.44. The van der Waals surface area contributed by atoms with E-state index in [4.69, 9.17) is 14.2 Å². The SMILES string of the molecule is C[C@]12CC[C@H](O)CC1CC(=O)OC1C2CC[C@@]2(C)C1CCC21OCCO1. The zero-order valence-corrected chi connectivity index (χ0v) is 16.0. The molecule has 0 aromatic carbocycles. The largest absolute Gasteiger partial charge is 0.462 e. The van der Waals surface area contributed by atoms with Crippen LogP contribution >= 0.6 is 0 Å². The molecule has 2 aliphatic heterocycles. The summed E-state index contributed by atoms with van der Waals surface area (Å²) < 4.78 is 18.5. The first-order valence-corrected chi connectivity index (χ1v) is 10.5. The quantitative estimate of drug-likeness (QED) is 0.669. The van der Waals surface area contributed by atoms with Crippen LogP contribution in [0.15, 0.2) is 0 Å². The summed E-state index contributed by atoms with van der Waals surface area (Å²) in [6.45, 7) is 6.01. The molecular weight excluding hydrogens is 332 g/mol. The number of aliphatic hydroxyl groups excluding tert-OH is 1. The Morgan fingerprint density at radius 1 is 1.00 bits per heavy atom. The Labute approximate surface area is 155 Å². The van der Waals surface area contributed by atoms with Gasteiger partial charge in [0.2, 0.25) is 0 Å². The average molecular weight is 364 g/mol. The fraction of sp³-hybridized carbons (Fsp3) is 0.952. The zero-order valence-electron chi connectivity index (χ0n) is 16.0. The van der Waals surface area contributed by atoms with Crippen LogP contribution < -0.4 is 0 Å². The molecule has 0 aromatic heterocycles. The molecule has 5 aliphatic rings. The first kappa shape index (κ1) is 17.4. The number of hydrogen-bond acceptors (Lipinski definition) is 5. The average Bonchev–Trinajstić information content (AvgIpc) is 3.16. The fourth-order valence-corrected chi connectivity index (χ4v) is 7.44. The van der Waals surface area contributed by atoms with Gasteiger partial charge in [-0.1, -0.05) is 13.8 Å². The van der Waals surface area contributed by atoms with E-state index in [1.165, 1.54) is 0 Å². The van der Waals surface area contributed by atoms with Gasteiger partial charge in [0.25, 0.3) is 0 Å². The highest BCUT2D eigenvalue weighted by Crippen LogP contribution is 2.66. The summed E-state index contributed by atoms with van der Waals surface area (Å²) in [4.78, 5) is 12.7. The van der Waals surface area contributed by atoms with E-state index in [9.17, 15) is 9.90 Å². The molecule has 0 aromatic rings. The lowest BCUT2D eigenvalue weighted by atomic mass is 9.51. The molecule has 3 aliphatic carbocycles. The first-order valence-electron chi connectivity index (χ1n) is 10.5. The Morgan fingerprint density at radius 2 is 1.73 bits per heavy atom. The van der Waals surface area contributed by atoms with Crippen molar-refractivity contribution < 1.29 is 24.1 Å². The van der Waals surface area contributed by atoms with Gasteiger partial charge in [0.05, 0.1) is 19.3 Å². The van der Waals surface area contributed by atoms with Crippen molar-refractivity contribution in [3.8, 4) is 0 Å². The van der Waals surface area contributed by atoms with E-state index in [1.807, 2.05) is 0 Å². The summed E-state index contributed by atoms with van der Waals surface area (Å²) >= 11 is 0. The maximum atomic E-state index is 12.7. The van der Waals surface area contributed by atoms with Gasteiger partial charge in [-0.3, -0.25) is 4.79 Å². The minimum Gasteiger partial charge on any atom is -0.462 e. The number of carbonyl (C=O) groups is 1. The molecule has 5 nitrogen and oxygen atoms in total. The second kappa shape index (κ2) is 5.68. The Kier molecular flexibility index (Phi) is 3.81. The molecular formula is C21H32O5. The van der Waals surface area contributed by atoms with Crippen LogP contribution in [-0.4, -0.2) is 42.3 Å². The Morgan fingerprint density at radius 3 is 2.50 bits per heavy atom. The van der Waals surface area contributed by atoms with Gasteiger partial charge >= 0.3 is 5.97 Å². The predicted octanol–water partition coefficient (Wildman–Crippen LogP) is 3.04. The van der Waals surface area contributed by atoms with Crippen molar-refractivity contribution in [2.45, 2.75) is 83.2 Å². The highest BCUT2D eigenvalue weighted by Gasteiger charge is 2.68. The molecule has 26 heavy (non-hydrogen) atoms. The van der Waals surface area contributed by atoms with E-state index in [2.05, 4.69) is 13.8 Å². The van der Waals surface area contributed by atoms with Crippen molar-refractivity contribution in [3.05, 3.63) is 0 Å². The molecule has 2 heterocycles. The Bertz CT molecular complexity index is 599. The van der Waals surface area contributed by atoms with Crippen LogP contribution in [-0.2, 0) is 19.0 Å². The third kappa shape index (κ3) is 2.17. The predicted molar refractivity (Wildman–Crippen MR) is 94.1 cm³/mol. The molecule has 5 rings (SSSR count). The number of carbonyl (C=O) groups excluding carboxylic acids is 1. The van der Waals surface area contributed by atoms with Gasteiger partial charge in [-0.15, -0.1) is 0 Å². The number of ether oxygens (including phenoxy) is 3. The van der Waals surface area contributed by atoms with Crippen molar-refractivity contribution in [1.29, 1.82) is 0 Å². The van der Waals surface area contributed by atoms with Gasteiger partial charge in [-0.2, -0.15) is 0 Å². The van der Waals surface area contributed by atoms with Crippen molar-refractivity contribution in [2.24, 2.45) is 28.6 Å². The number of hydrogen-bond donors (Lipinski definition) is 1. The highest BCUT2D eigenvalue weighted by molar-refractivity contribution is 5.70. The van der Waals surface area contributed by atoms with Crippen molar-refractivity contribution in [1.82, 2.24) is 0 Å². The zero-order chi connectivity index (χ0) is 18.2. The minimum absolute atomic E-state index is 0.0290. The lowest BCUT2D eigenvalue weighted by molar-refractivity contribution is -0.250. The third-order valence-corrected chi connectivity index (χ3v) is 9.03. The standard InChI is InChI=1S/C21H32O5/c1-19-6-3-14(22)11-13(19)12-17(23)26-18-15(19)4-7-20(2)16(18)5-8-21(20)24-9-10-25-21/h13-16,18,22H,3-12H2,1-2H3/t13?,14-,15?,16?,18?,19-,20-/m0/s1. The normalized spacial score (nSPS) is 52.7. The van der Waals surface area contributed by atoms with Gasteiger partial charge in [-0.25, -0.2) is 0 Å². The van der Waals surface area contributed by atoms with Gasteiger partial charge in [0.1, 0.15) is 6.10 Å². The molecule has 2 saturated heterocycles. The highest BCUT2D eigenvalue weighted by atomic mass is 16.7. The second-order valence-electron chi connectivity index (χ2n) is 9.95. The molecule has 7 atom stereocenters. The van der Waals surface area contributed by atoms with Crippen LogP contribution in [0, 0.1) is 28.6 Å². The molecule has 146 valence electrons. The van der Waals surface area contributed by atoms with Crippen molar-refractivity contribution >= 4 is 5.97 Å². The van der Waals surface area contributed by atoms with Gasteiger partial charge in [0, 0.05) is 30.1 Å². The molecule has 5 fully saturated rings. The summed E-state index contributed by atoms with van der Waals surface area (Å²) in [7, 11) is 0. The Hall–Kier alpha value is -0.650. The number of aliphatic hydroxyl groups is 1. The molecule has 4 unspecified atom stereocenters. The molecule has 3 saturated carbocycles. The summed E-state index contributed by atoms with van der Waals surface area (Å²) in [5, 5.41) is 10.2. The molecule has 1 spiro atoms. The van der Waals surface area contributed by atoms with E-state index in [-0.39, 0.29) is 34.9 Å². The van der Waals surface area contributed by atoms with Crippen molar-refractivity contribution in [2.75, 3.05) is 13.2 Å². The third-order valence-electron chi connectivity index (χ3n) is 9.03. The van der Waals surface area contributed by atoms with Crippen LogP contribution in [0.25, 0.3) is 0 Å². The molecule has 0 amide bonds. The van der Waals surface area contributed by atoms with E-state index in [0.29, 0.717) is 31.5 Å². The van der Waals surface area contributed by atoms with Gasteiger partial charge in [0.15, 0.2) is 5.79 Å². The smallest absolute Gasteiger partial charge is 0.306 e. The van der Waals surface area contributed by atoms with Crippen LogP contribution in [0.4, 0.5) is 0 Å². The number of esters is 1. The lowest BCUT2D eigenvalue weighted by Gasteiger charge is -2.55. The summed E-state index contributed by atoms with van der Waals surface area (Å²) in [5.41, 5.74) is 0.0137. The summed E-state index contributed by atoms with van der Waals surface area (Å²) in [6, 6.07) is 0. The molecule has 1 N–H and O–H groups in total. The number of rotatable bonds is 0. The van der Waals surface area contributed by atoms with Crippen LogP contribution in [0.2, 0.25) is 0 Å². The maximum Gasteiger partial charge on any atom is 0.306 e. The summed E-state index contributed by atoms with van der Waals surface area (Å²) in [5.74, 6) is 0.408. The maximum absolute atomic E-state index is 12.7. The van der Waals surface area contributed by atoms with Gasteiger partial charge in [-0.05, 0) is 49.9 Å². The second-order valence-corrected chi connectivity index (χ2v) is 9.95. The van der Waals surface area contributed by atoms with E-state index < -0.39 is 5.79 Å². The van der Waals surface area contributed by atoms with Gasteiger partial charge < -0.3 is 19.3 Å². The van der Waals surface area contributed by atoms with Crippen LogP contribution in [0.3, 0.4) is 0 Å². The molecule has 0 bridgehead atoms. The van der Waals surface area contributed by atoms with E-state index in [0.717, 1.165) is 44.9 Å². The number of fused-ring (bicyclic) bond motifs is 6. The molecule has 5 heteroatoms. The lowest BCUT2D eigenvalue weighted by Crippen LogP contribution is -2.56. The topological polar surface area (TPSA) is 65.0 Å². The molecule has 0 radical (unpaired) electrons. The van der Waals surface area contributed by atoms with Crippen LogP contribution in [0.5, 0.6) is 0 Å². The Balaban J connectivity index is 1.51. The van der Waals surface area contributed by atoms with E-state index >= 15 is 0 Å².